The number of hydrogen-bond acceptors (Lipinski definition) is 4. The molecule has 1 aromatic heterocycles. The minimum atomic E-state index is -0.607. The third-order valence-corrected chi connectivity index (χ3v) is 3.55. The van der Waals surface area contributed by atoms with E-state index in [0.717, 1.165) is 5.69 Å². The molecule has 0 spiro atoms. The first-order valence-electron chi connectivity index (χ1n) is 6.80. The maximum Gasteiger partial charge on any atom is 0.227 e. The van der Waals surface area contributed by atoms with Gasteiger partial charge < -0.3 is 14.8 Å². The molecular weight excluding hydrogens is 307 g/mol. The van der Waals surface area contributed by atoms with Crippen molar-refractivity contribution in [1.82, 2.24) is 4.98 Å². The normalized spacial score (nSPS) is 12.5. The number of halogens is 2. The van der Waals surface area contributed by atoms with Crippen molar-refractivity contribution in [3.8, 4) is 11.5 Å². The lowest BCUT2D eigenvalue weighted by atomic mass is 10.2. The third kappa shape index (κ3) is 3.21. The fourth-order valence-electron chi connectivity index (χ4n) is 2.04. The molecule has 0 bridgehead atoms. The summed E-state index contributed by atoms with van der Waals surface area (Å²) in [5.74, 6) is 0.311. The van der Waals surface area contributed by atoms with Crippen LogP contribution < -0.4 is 5.32 Å². The van der Waals surface area contributed by atoms with E-state index in [2.05, 4.69) is 10.3 Å². The average molecular weight is 321 g/mol. The fraction of sp³-hybridized carbons (Fsp3) is 0.188. The highest BCUT2D eigenvalue weighted by Crippen LogP contribution is 2.26. The number of aliphatic hydroxyl groups excluding tert-OH is 1. The summed E-state index contributed by atoms with van der Waals surface area (Å²) in [7, 11) is 0. The lowest BCUT2D eigenvalue weighted by Gasteiger charge is -2.09. The molecule has 22 heavy (non-hydrogen) atoms. The zero-order valence-electron chi connectivity index (χ0n) is 11.6. The van der Waals surface area contributed by atoms with Crippen LogP contribution in [0.1, 0.15) is 0 Å². The van der Waals surface area contributed by atoms with E-state index >= 15 is 0 Å². The standard InChI is InChI=1S/C16H14ClFN2O2/c17-8-13(21)9-19-12-5-6-15-14(7-12)20-16(22-15)10-1-3-11(18)4-2-10/h1-7,13,19,21H,8-9H2. The van der Waals surface area contributed by atoms with Gasteiger partial charge in [0, 0.05) is 17.8 Å². The Morgan fingerprint density at radius 2 is 2.00 bits per heavy atom. The Labute approximate surface area is 131 Å². The summed E-state index contributed by atoms with van der Waals surface area (Å²) in [4.78, 5) is 4.40. The first-order valence-corrected chi connectivity index (χ1v) is 7.33. The molecule has 2 aromatic carbocycles. The molecule has 0 saturated heterocycles. The molecule has 1 atom stereocenters. The van der Waals surface area contributed by atoms with Gasteiger partial charge in [0.15, 0.2) is 5.58 Å². The van der Waals surface area contributed by atoms with Gasteiger partial charge >= 0.3 is 0 Å². The van der Waals surface area contributed by atoms with E-state index in [1.165, 1.54) is 12.1 Å². The van der Waals surface area contributed by atoms with Crippen molar-refractivity contribution in [3.63, 3.8) is 0 Å². The van der Waals surface area contributed by atoms with E-state index in [1.807, 2.05) is 12.1 Å². The van der Waals surface area contributed by atoms with Crippen LogP contribution in [0.3, 0.4) is 0 Å². The number of aliphatic hydroxyl groups is 1. The highest BCUT2D eigenvalue weighted by atomic mass is 35.5. The number of hydrogen-bond donors (Lipinski definition) is 2. The maximum atomic E-state index is 12.9. The molecule has 1 heterocycles. The van der Waals surface area contributed by atoms with Crippen molar-refractivity contribution < 1.29 is 13.9 Å². The average Bonchev–Trinajstić information content (AvgIpc) is 2.96. The Bertz CT molecular complexity index is 773. The van der Waals surface area contributed by atoms with Crippen molar-refractivity contribution in [3.05, 3.63) is 48.3 Å². The summed E-state index contributed by atoms with van der Waals surface area (Å²) in [5.41, 5.74) is 2.85. The highest BCUT2D eigenvalue weighted by molar-refractivity contribution is 6.18. The number of nitrogens with zero attached hydrogens (tertiary/aromatic N) is 1. The van der Waals surface area contributed by atoms with Crippen molar-refractivity contribution in [2.75, 3.05) is 17.7 Å². The second-order valence-electron chi connectivity index (χ2n) is 4.90. The maximum absolute atomic E-state index is 12.9. The number of nitrogens with one attached hydrogen (secondary N) is 1. The SMILES string of the molecule is OC(CCl)CNc1ccc2oc(-c3ccc(F)cc3)nc2c1. The molecule has 0 radical (unpaired) electrons. The van der Waals surface area contributed by atoms with Crippen LogP contribution in [-0.2, 0) is 0 Å². The van der Waals surface area contributed by atoms with Gasteiger partial charge in [-0.25, -0.2) is 9.37 Å². The van der Waals surface area contributed by atoms with Crippen LogP contribution in [0.25, 0.3) is 22.6 Å². The zero-order valence-corrected chi connectivity index (χ0v) is 12.3. The first-order chi connectivity index (χ1) is 10.7. The lowest BCUT2D eigenvalue weighted by molar-refractivity contribution is 0.211. The van der Waals surface area contributed by atoms with Crippen LogP contribution in [-0.4, -0.2) is 28.6 Å². The van der Waals surface area contributed by atoms with Gasteiger partial charge in [0.1, 0.15) is 11.3 Å². The van der Waals surface area contributed by atoms with Crippen LogP contribution in [0.5, 0.6) is 0 Å². The summed E-state index contributed by atoms with van der Waals surface area (Å²) < 4.78 is 18.6. The van der Waals surface area contributed by atoms with Gasteiger partial charge in [0.2, 0.25) is 5.89 Å². The molecule has 0 saturated carbocycles. The summed E-state index contributed by atoms with van der Waals surface area (Å²) in [5, 5.41) is 12.5. The van der Waals surface area contributed by atoms with E-state index in [0.29, 0.717) is 29.1 Å². The fourth-order valence-corrected chi connectivity index (χ4v) is 2.15. The third-order valence-electron chi connectivity index (χ3n) is 3.20. The van der Waals surface area contributed by atoms with E-state index in [4.69, 9.17) is 16.0 Å². The Morgan fingerprint density at radius 1 is 1.23 bits per heavy atom. The Hall–Kier alpha value is -2.11. The molecule has 6 heteroatoms. The van der Waals surface area contributed by atoms with Crippen LogP contribution >= 0.6 is 11.6 Å². The quantitative estimate of drug-likeness (QED) is 0.705. The van der Waals surface area contributed by atoms with Crippen LogP contribution in [0, 0.1) is 5.82 Å². The minimum absolute atomic E-state index is 0.175. The van der Waals surface area contributed by atoms with Gasteiger partial charge in [0.25, 0.3) is 0 Å². The first kappa shape index (κ1) is 14.8. The van der Waals surface area contributed by atoms with Crippen molar-refractivity contribution in [2.45, 2.75) is 6.10 Å². The summed E-state index contributed by atoms with van der Waals surface area (Å²) >= 11 is 5.55. The number of benzene rings is 2. The largest absolute Gasteiger partial charge is 0.436 e. The number of rotatable bonds is 5. The minimum Gasteiger partial charge on any atom is -0.436 e. The Morgan fingerprint density at radius 3 is 2.73 bits per heavy atom. The lowest BCUT2D eigenvalue weighted by Crippen LogP contribution is -2.20. The molecule has 0 aliphatic carbocycles. The van der Waals surface area contributed by atoms with E-state index in [9.17, 15) is 9.50 Å². The van der Waals surface area contributed by atoms with Gasteiger partial charge in [-0.3, -0.25) is 0 Å². The second kappa shape index (κ2) is 6.34. The molecule has 3 aromatic rings. The van der Waals surface area contributed by atoms with Crippen LogP contribution in [0.4, 0.5) is 10.1 Å². The monoisotopic (exact) mass is 320 g/mol. The van der Waals surface area contributed by atoms with Crippen molar-refractivity contribution in [1.29, 1.82) is 0 Å². The van der Waals surface area contributed by atoms with Gasteiger partial charge in [-0.1, -0.05) is 0 Å². The predicted octanol–water partition coefficient (Wildman–Crippen LogP) is 3.65. The van der Waals surface area contributed by atoms with E-state index in [1.54, 1.807) is 18.2 Å². The van der Waals surface area contributed by atoms with Gasteiger partial charge in [0.05, 0.1) is 12.0 Å². The number of aromatic nitrogens is 1. The van der Waals surface area contributed by atoms with Gasteiger partial charge in [-0.2, -0.15) is 0 Å². The molecule has 114 valence electrons. The molecule has 2 N–H and O–H groups in total. The number of fused-ring (bicyclic) bond motifs is 1. The Balaban J connectivity index is 1.85. The van der Waals surface area contributed by atoms with Crippen LogP contribution in [0.15, 0.2) is 46.9 Å². The number of alkyl halides is 1. The topological polar surface area (TPSA) is 58.3 Å². The molecule has 0 fully saturated rings. The predicted molar refractivity (Wildman–Crippen MR) is 84.6 cm³/mol. The highest BCUT2D eigenvalue weighted by Gasteiger charge is 2.09. The van der Waals surface area contributed by atoms with E-state index < -0.39 is 6.10 Å². The van der Waals surface area contributed by atoms with Gasteiger partial charge in [-0.15, -0.1) is 11.6 Å². The number of anilines is 1. The second-order valence-corrected chi connectivity index (χ2v) is 5.21. The summed E-state index contributed by atoms with van der Waals surface area (Å²) in [6.07, 6.45) is -0.607. The molecule has 4 nitrogen and oxygen atoms in total. The molecule has 0 amide bonds. The smallest absolute Gasteiger partial charge is 0.227 e. The van der Waals surface area contributed by atoms with Crippen molar-refractivity contribution in [2.24, 2.45) is 0 Å². The van der Waals surface area contributed by atoms with Gasteiger partial charge in [-0.05, 0) is 42.5 Å². The molecule has 3 rings (SSSR count). The summed E-state index contributed by atoms with van der Waals surface area (Å²) in [6, 6.07) is 11.4. The van der Waals surface area contributed by atoms with Crippen LogP contribution in [0.2, 0.25) is 0 Å². The molecular formula is C16H14ClFN2O2. The van der Waals surface area contributed by atoms with E-state index in [-0.39, 0.29) is 11.7 Å². The number of oxazole rings is 1. The van der Waals surface area contributed by atoms with Crippen molar-refractivity contribution >= 4 is 28.4 Å². The molecule has 0 aliphatic heterocycles. The summed E-state index contributed by atoms with van der Waals surface area (Å²) in [6.45, 7) is 0.359. The molecule has 0 aliphatic rings. The Kier molecular flexibility index (Phi) is 4.27. The molecule has 1 unspecified atom stereocenters. The zero-order chi connectivity index (χ0) is 15.5.